The van der Waals surface area contributed by atoms with Gasteiger partial charge in [0.2, 0.25) is 0 Å². The molecule has 1 amide bonds. The predicted octanol–water partition coefficient (Wildman–Crippen LogP) is 2.23. The lowest BCUT2D eigenvalue weighted by molar-refractivity contribution is 0.0861. The first-order chi connectivity index (χ1) is 8.83. The third kappa shape index (κ3) is 3.74. The van der Waals surface area contributed by atoms with Crippen molar-refractivity contribution in [3.8, 4) is 6.07 Å². The van der Waals surface area contributed by atoms with Crippen LogP contribution in [0.2, 0.25) is 10.0 Å². The van der Waals surface area contributed by atoms with Gasteiger partial charge < -0.3 is 15.8 Å². The van der Waals surface area contributed by atoms with Crippen molar-refractivity contribution in [2.75, 3.05) is 19.5 Å². The lowest BCUT2D eigenvalue weighted by Gasteiger charge is -2.22. The Hall–Kier alpha value is -1.48. The maximum Gasteiger partial charge on any atom is 0.254 e. The average molecular weight is 302 g/mol. The zero-order valence-electron chi connectivity index (χ0n) is 10.5. The number of nitrogens with two attached hydrogens (primary N) is 1. The van der Waals surface area contributed by atoms with Crippen molar-refractivity contribution in [1.29, 1.82) is 5.26 Å². The summed E-state index contributed by atoms with van der Waals surface area (Å²) in [5.74, 6) is -0.539. The number of anilines is 1. The number of hydrogen-bond donors (Lipinski definition) is 2. The normalized spacial score (nSPS) is 13.4. The molecule has 0 saturated heterocycles. The molecular formula is C12H13Cl2N3O2. The zero-order chi connectivity index (χ0) is 14.6. The summed E-state index contributed by atoms with van der Waals surface area (Å²) in [6.07, 6.45) is 0. The van der Waals surface area contributed by atoms with Gasteiger partial charge >= 0.3 is 0 Å². The zero-order valence-corrected chi connectivity index (χ0v) is 12.0. The molecule has 3 N–H and O–H groups in total. The van der Waals surface area contributed by atoms with E-state index in [-0.39, 0.29) is 27.9 Å². The van der Waals surface area contributed by atoms with Crippen LogP contribution in [0.3, 0.4) is 0 Å². The number of carbonyl (C=O) groups excluding carboxylic acids is 1. The van der Waals surface area contributed by atoms with E-state index in [1.165, 1.54) is 26.2 Å². The van der Waals surface area contributed by atoms with E-state index >= 15 is 0 Å². The van der Waals surface area contributed by atoms with Crippen LogP contribution in [0.4, 0.5) is 5.69 Å². The number of nitrogen functional groups attached to an aromatic ring is 1. The van der Waals surface area contributed by atoms with Gasteiger partial charge in [-0.15, -0.1) is 0 Å². The van der Waals surface area contributed by atoms with E-state index in [1.807, 2.05) is 6.07 Å². The molecule has 0 radical (unpaired) electrons. The average Bonchev–Trinajstić information content (AvgIpc) is 2.33. The maximum absolute atomic E-state index is 12.1. The van der Waals surface area contributed by atoms with Crippen molar-refractivity contribution < 1.29 is 9.53 Å². The van der Waals surface area contributed by atoms with E-state index in [4.69, 9.17) is 38.9 Å². The molecule has 0 aliphatic rings. The molecule has 7 heteroatoms. The minimum absolute atomic E-state index is 0.0451. The van der Waals surface area contributed by atoms with Crippen molar-refractivity contribution in [2.24, 2.45) is 0 Å². The molecule has 1 unspecified atom stereocenters. The van der Waals surface area contributed by atoms with Crippen LogP contribution in [0, 0.1) is 11.3 Å². The number of nitrogens with zero attached hydrogens (tertiary/aromatic N) is 1. The number of nitriles is 1. The van der Waals surface area contributed by atoms with Crippen molar-refractivity contribution in [1.82, 2.24) is 5.32 Å². The Morgan fingerprint density at radius 1 is 1.58 bits per heavy atom. The van der Waals surface area contributed by atoms with Gasteiger partial charge in [-0.3, -0.25) is 4.79 Å². The summed E-state index contributed by atoms with van der Waals surface area (Å²) >= 11 is 11.7. The van der Waals surface area contributed by atoms with Gasteiger partial charge in [-0.2, -0.15) is 5.26 Å². The summed E-state index contributed by atoms with van der Waals surface area (Å²) in [6.45, 7) is 1.58. The fourth-order valence-corrected chi connectivity index (χ4v) is 1.97. The molecule has 102 valence electrons. The number of rotatable bonds is 4. The van der Waals surface area contributed by atoms with Crippen molar-refractivity contribution >= 4 is 34.8 Å². The smallest absolute Gasteiger partial charge is 0.254 e. The number of halogens is 2. The van der Waals surface area contributed by atoms with Crippen LogP contribution >= 0.6 is 23.2 Å². The molecule has 1 aromatic rings. The minimum Gasteiger partial charge on any atom is -0.397 e. The molecule has 5 nitrogen and oxygen atoms in total. The van der Waals surface area contributed by atoms with Gasteiger partial charge in [0.25, 0.3) is 5.91 Å². The van der Waals surface area contributed by atoms with E-state index in [2.05, 4.69) is 5.32 Å². The first-order valence-corrected chi connectivity index (χ1v) is 6.06. The first kappa shape index (κ1) is 15.6. The lowest BCUT2D eigenvalue weighted by atomic mass is 10.0. The Morgan fingerprint density at radius 2 is 2.21 bits per heavy atom. The molecule has 1 aromatic carbocycles. The molecule has 1 rings (SSSR count). The molecule has 0 aliphatic heterocycles. The summed E-state index contributed by atoms with van der Waals surface area (Å²) in [4.78, 5) is 12.1. The number of carbonyl (C=O) groups is 1. The maximum atomic E-state index is 12.1. The Morgan fingerprint density at radius 3 is 2.74 bits per heavy atom. The third-order valence-electron chi connectivity index (χ3n) is 2.41. The van der Waals surface area contributed by atoms with Crippen LogP contribution in [0.1, 0.15) is 17.3 Å². The molecule has 0 bridgehead atoms. The highest BCUT2D eigenvalue weighted by Crippen LogP contribution is 2.27. The van der Waals surface area contributed by atoms with Crippen LogP contribution in [-0.4, -0.2) is 25.2 Å². The fraction of sp³-hybridized carbons (Fsp3) is 0.333. The van der Waals surface area contributed by atoms with Crippen LogP contribution in [0.5, 0.6) is 0 Å². The monoisotopic (exact) mass is 301 g/mol. The van der Waals surface area contributed by atoms with Gasteiger partial charge in [0.05, 0.1) is 28.9 Å². The second kappa shape index (κ2) is 6.11. The highest BCUT2D eigenvalue weighted by Gasteiger charge is 2.27. The van der Waals surface area contributed by atoms with Crippen molar-refractivity contribution in [3.63, 3.8) is 0 Å². The van der Waals surface area contributed by atoms with Gasteiger partial charge in [0, 0.05) is 12.1 Å². The third-order valence-corrected chi connectivity index (χ3v) is 2.94. The number of nitrogens with one attached hydrogen (secondary N) is 1. The van der Waals surface area contributed by atoms with E-state index in [1.54, 1.807) is 0 Å². The quantitative estimate of drug-likeness (QED) is 0.835. The second-order valence-corrected chi connectivity index (χ2v) is 5.02. The molecule has 1 atom stereocenters. The van der Waals surface area contributed by atoms with E-state index in [9.17, 15) is 4.79 Å². The molecule has 0 spiro atoms. The van der Waals surface area contributed by atoms with Crippen LogP contribution in [0.15, 0.2) is 12.1 Å². The van der Waals surface area contributed by atoms with E-state index in [0.717, 1.165) is 0 Å². The molecule has 0 fully saturated rings. The number of methoxy groups -OCH3 is 1. The SMILES string of the molecule is COCC(C)(C#N)NC(=O)c1cc(Cl)cc(Cl)c1N. The van der Waals surface area contributed by atoms with Crippen molar-refractivity contribution in [3.05, 3.63) is 27.7 Å². The molecule has 0 aromatic heterocycles. The summed E-state index contributed by atoms with van der Waals surface area (Å²) in [6, 6.07) is 4.79. The van der Waals surface area contributed by atoms with Gasteiger partial charge in [0.1, 0.15) is 5.54 Å². The van der Waals surface area contributed by atoms with Crippen LogP contribution in [-0.2, 0) is 4.74 Å². The largest absolute Gasteiger partial charge is 0.397 e. The predicted molar refractivity (Wildman–Crippen MR) is 74.2 cm³/mol. The first-order valence-electron chi connectivity index (χ1n) is 5.30. The molecule has 0 heterocycles. The summed E-state index contributed by atoms with van der Waals surface area (Å²) < 4.78 is 4.89. The molecular weight excluding hydrogens is 289 g/mol. The number of amides is 1. The highest BCUT2D eigenvalue weighted by molar-refractivity contribution is 6.37. The highest BCUT2D eigenvalue weighted by atomic mass is 35.5. The van der Waals surface area contributed by atoms with E-state index in [0.29, 0.717) is 0 Å². The molecule has 0 aliphatic carbocycles. The second-order valence-electron chi connectivity index (χ2n) is 4.18. The Labute approximate surface area is 121 Å². The fourth-order valence-electron chi connectivity index (χ4n) is 1.48. The number of hydrogen-bond acceptors (Lipinski definition) is 4. The molecule has 0 saturated carbocycles. The van der Waals surface area contributed by atoms with Gasteiger partial charge in [0.15, 0.2) is 0 Å². The number of ether oxygens (including phenoxy) is 1. The Balaban J connectivity index is 3.06. The minimum atomic E-state index is -1.16. The molecule has 19 heavy (non-hydrogen) atoms. The lowest BCUT2D eigenvalue weighted by Crippen LogP contribution is -2.48. The van der Waals surface area contributed by atoms with Gasteiger partial charge in [-0.25, -0.2) is 0 Å². The Bertz CT molecular complexity index is 543. The summed E-state index contributed by atoms with van der Waals surface area (Å²) in [5.41, 5.74) is 4.79. The standard InChI is InChI=1S/C12H13Cl2N3O2/c1-12(5-15,6-19-2)17-11(18)8-3-7(13)4-9(14)10(8)16/h3-4H,6,16H2,1-2H3,(H,17,18). The topological polar surface area (TPSA) is 88.1 Å². The Kier molecular flexibility index (Phi) is 5.01. The summed E-state index contributed by atoms with van der Waals surface area (Å²) in [5, 5.41) is 12.1. The van der Waals surface area contributed by atoms with Gasteiger partial charge in [-0.1, -0.05) is 23.2 Å². The summed E-state index contributed by atoms with van der Waals surface area (Å²) in [7, 11) is 1.44. The van der Waals surface area contributed by atoms with Gasteiger partial charge in [-0.05, 0) is 19.1 Å². The van der Waals surface area contributed by atoms with Crippen molar-refractivity contribution in [2.45, 2.75) is 12.5 Å². The van der Waals surface area contributed by atoms with Crippen LogP contribution < -0.4 is 11.1 Å². The number of benzene rings is 1. The van der Waals surface area contributed by atoms with E-state index < -0.39 is 11.4 Å². The van der Waals surface area contributed by atoms with Crippen LogP contribution in [0.25, 0.3) is 0 Å².